The molecular weight excluding hydrogens is 511 g/mol. The van der Waals surface area contributed by atoms with Gasteiger partial charge in [-0.1, -0.05) is 12.1 Å². The number of hydrogen-bond donors (Lipinski definition) is 1. The van der Waals surface area contributed by atoms with Gasteiger partial charge < -0.3 is 19.6 Å². The average molecular weight is 544 g/mol. The number of aliphatic carboxylic acids is 1. The van der Waals surface area contributed by atoms with Gasteiger partial charge in [0.05, 0.1) is 30.3 Å². The number of rotatable bonds is 8. The van der Waals surface area contributed by atoms with E-state index in [1.54, 1.807) is 26.0 Å². The molecule has 2 aromatic rings. The molecule has 1 N–H and O–H groups in total. The molecular formula is C29H32F3N3O4. The Kier molecular flexibility index (Phi) is 8.50. The molecule has 39 heavy (non-hydrogen) atoms. The summed E-state index contributed by atoms with van der Waals surface area (Å²) in [5, 5.41) is 19.3. The van der Waals surface area contributed by atoms with Gasteiger partial charge in [-0.25, -0.2) is 18.0 Å². The molecule has 0 radical (unpaired) electrons. The van der Waals surface area contributed by atoms with Gasteiger partial charge in [-0.2, -0.15) is 5.26 Å². The highest BCUT2D eigenvalue weighted by atomic mass is 19.1. The van der Waals surface area contributed by atoms with Gasteiger partial charge >= 0.3 is 5.97 Å². The molecule has 2 aliphatic rings. The van der Waals surface area contributed by atoms with Crippen molar-refractivity contribution in [1.29, 1.82) is 5.26 Å². The predicted octanol–water partition coefficient (Wildman–Crippen LogP) is 4.84. The number of carboxylic acids is 1. The van der Waals surface area contributed by atoms with Crippen LogP contribution >= 0.6 is 0 Å². The number of likely N-dealkylation sites (tertiary alicyclic amines) is 2. The van der Waals surface area contributed by atoms with Gasteiger partial charge in [-0.15, -0.1) is 0 Å². The minimum atomic E-state index is -1.53. The van der Waals surface area contributed by atoms with Crippen LogP contribution in [0.2, 0.25) is 0 Å². The fraction of sp³-hybridized carbons (Fsp3) is 0.483. The second-order valence-electron chi connectivity index (χ2n) is 10.9. The van der Waals surface area contributed by atoms with Crippen LogP contribution in [0.15, 0.2) is 36.4 Å². The van der Waals surface area contributed by atoms with Crippen LogP contribution in [0.25, 0.3) is 11.1 Å². The van der Waals surface area contributed by atoms with Crippen molar-refractivity contribution in [1.82, 2.24) is 9.80 Å². The molecule has 0 bridgehead atoms. The molecule has 4 rings (SSSR count). The summed E-state index contributed by atoms with van der Waals surface area (Å²) >= 11 is 0. The van der Waals surface area contributed by atoms with Gasteiger partial charge in [0.15, 0.2) is 0 Å². The first-order valence-electron chi connectivity index (χ1n) is 13.0. The smallest absolute Gasteiger partial charge is 0.326 e. The van der Waals surface area contributed by atoms with E-state index in [-0.39, 0.29) is 29.0 Å². The number of carboxylic acid groups (broad SMARTS) is 1. The number of alkyl halides is 2. The zero-order valence-corrected chi connectivity index (χ0v) is 22.0. The lowest BCUT2D eigenvalue weighted by Gasteiger charge is -2.34. The van der Waals surface area contributed by atoms with Crippen molar-refractivity contribution in [3.8, 4) is 22.9 Å². The highest BCUT2D eigenvalue weighted by Crippen LogP contribution is 2.34. The predicted molar refractivity (Wildman–Crippen MR) is 138 cm³/mol. The van der Waals surface area contributed by atoms with Crippen LogP contribution in [0.1, 0.15) is 49.0 Å². The fourth-order valence-corrected chi connectivity index (χ4v) is 5.35. The summed E-state index contributed by atoms with van der Waals surface area (Å²) in [5.74, 6) is -2.48. The Morgan fingerprint density at radius 2 is 1.90 bits per heavy atom. The molecule has 2 fully saturated rings. The zero-order chi connectivity index (χ0) is 28.3. The van der Waals surface area contributed by atoms with E-state index in [0.29, 0.717) is 18.9 Å². The second kappa shape index (κ2) is 11.7. The number of carbonyl (C=O) groups excluding carboxylic acids is 1. The van der Waals surface area contributed by atoms with Gasteiger partial charge in [0.25, 0.3) is 5.91 Å². The summed E-state index contributed by atoms with van der Waals surface area (Å²) in [6, 6.07) is 9.29. The third-order valence-electron chi connectivity index (χ3n) is 7.22. The van der Waals surface area contributed by atoms with E-state index in [9.17, 15) is 28.7 Å². The van der Waals surface area contributed by atoms with E-state index in [2.05, 4.69) is 11.0 Å². The molecule has 2 atom stereocenters. The largest absolute Gasteiger partial charge is 0.493 e. The van der Waals surface area contributed by atoms with E-state index in [0.717, 1.165) is 36.9 Å². The summed E-state index contributed by atoms with van der Waals surface area (Å²) in [6.45, 7) is 5.07. The summed E-state index contributed by atoms with van der Waals surface area (Å²) in [4.78, 5) is 27.8. The minimum Gasteiger partial charge on any atom is -0.493 e. The number of piperidine rings is 1. The van der Waals surface area contributed by atoms with Crippen LogP contribution in [0.3, 0.4) is 0 Å². The van der Waals surface area contributed by atoms with Crippen molar-refractivity contribution in [3.05, 3.63) is 53.3 Å². The van der Waals surface area contributed by atoms with Gasteiger partial charge in [0.1, 0.15) is 29.4 Å². The molecule has 0 saturated carbocycles. The summed E-state index contributed by atoms with van der Waals surface area (Å²) in [6.07, 6.45) is -0.171. The number of ether oxygens (including phenoxy) is 1. The first-order chi connectivity index (χ1) is 18.5. The molecule has 2 heterocycles. The highest BCUT2D eigenvalue weighted by molar-refractivity contribution is 6.03. The lowest BCUT2D eigenvalue weighted by molar-refractivity contribution is -0.141. The summed E-state index contributed by atoms with van der Waals surface area (Å²) in [5.41, 5.74) is -1.12. The third-order valence-corrected chi connectivity index (χ3v) is 7.22. The van der Waals surface area contributed by atoms with Crippen molar-refractivity contribution in [3.63, 3.8) is 0 Å². The van der Waals surface area contributed by atoms with E-state index < -0.39 is 47.7 Å². The normalized spacial score (nSPS) is 20.6. The van der Waals surface area contributed by atoms with Crippen molar-refractivity contribution in [2.75, 3.05) is 32.8 Å². The van der Waals surface area contributed by atoms with Crippen molar-refractivity contribution in [2.45, 2.75) is 51.0 Å². The van der Waals surface area contributed by atoms with Crippen LogP contribution in [0.4, 0.5) is 13.2 Å². The lowest BCUT2D eigenvalue weighted by atomic mass is 9.94. The monoisotopic (exact) mass is 543 g/mol. The second-order valence-corrected chi connectivity index (χ2v) is 10.9. The molecule has 2 unspecified atom stereocenters. The standard InChI is InChI=1S/C29H32F3N3O4/c1-29(2,32)17-34-10-8-18(9-11-34)16-39-21-6-7-22(19(12-21)14-33)23-4-3-5-24(31)26(23)27(36)35-15-20(30)13-25(35)28(37)38/h3-7,12,18,20,25H,8-11,13,15-17H2,1-2H3,(H,37,38). The molecule has 0 aromatic heterocycles. The molecule has 208 valence electrons. The molecule has 2 saturated heterocycles. The number of amides is 1. The number of nitriles is 1. The van der Waals surface area contributed by atoms with Crippen LogP contribution in [-0.4, -0.2) is 77.5 Å². The van der Waals surface area contributed by atoms with Gasteiger partial charge in [0.2, 0.25) is 0 Å². The Labute approximate surface area is 225 Å². The van der Waals surface area contributed by atoms with Crippen molar-refractivity contribution in [2.24, 2.45) is 5.92 Å². The van der Waals surface area contributed by atoms with Gasteiger partial charge in [0, 0.05) is 18.5 Å². The highest BCUT2D eigenvalue weighted by Gasteiger charge is 2.41. The molecule has 1 amide bonds. The quantitative estimate of drug-likeness (QED) is 0.512. The number of hydrogen-bond acceptors (Lipinski definition) is 5. The van der Waals surface area contributed by atoms with E-state index in [1.807, 2.05) is 0 Å². The first-order valence-corrected chi connectivity index (χ1v) is 13.0. The number of halogens is 3. The van der Waals surface area contributed by atoms with Crippen LogP contribution in [-0.2, 0) is 4.79 Å². The van der Waals surface area contributed by atoms with Crippen molar-refractivity contribution < 1.29 is 32.6 Å². The molecule has 2 aliphatic heterocycles. The van der Waals surface area contributed by atoms with E-state index in [4.69, 9.17) is 4.74 Å². The molecule has 0 spiro atoms. The number of nitrogens with zero attached hydrogens (tertiary/aromatic N) is 3. The maximum atomic E-state index is 15.0. The third kappa shape index (κ3) is 6.71. The Hall–Kier alpha value is -3.58. The average Bonchev–Trinajstić information content (AvgIpc) is 3.29. The van der Waals surface area contributed by atoms with E-state index >= 15 is 4.39 Å². The molecule has 10 heteroatoms. The summed E-state index contributed by atoms with van der Waals surface area (Å²) in [7, 11) is 0. The topological polar surface area (TPSA) is 93.9 Å². The summed E-state index contributed by atoms with van der Waals surface area (Å²) < 4.78 is 48.9. The Morgan fingerprint density at radius 1 is 1.18 bits per heavy atom. The van der Waals surface area contributed by atoms with Crippen LogP contribution in [0, 0.1) is 23.1 Å². The fourth-order valence-electron chi connectivity index (χ4n) is 5.35. The lowest BCUT2D eigenvalue weighted by Crippen LogP contribution is -2.41. The molecule has 7 nitrogen and oxygen atoms in total. The Balaban J connectivity index is 1.51. The van der Waals surface area contributed by atoms with E-state index in [1.165, 1.54) is 18.2 Å². The maximum absolute atomic E-state index is 15.0. The van der Waals surface area contributed by atoms with Crippen molar-refractivity contribution >= 4 is 11.9 Å². The van der Waals surface area contributed by atoms with Crippen LogP contribution < -0.4 is 4.74 Å². The molecule has 2 aromatic carbocycles. The van der Waals surface area contributed by atoms with Crippen LogP contribution in [0.5, 0.6) is 5.75 Å². The Bertz CT molecular complexity index is 1270. The number of benzene rings is 2. The maximum Gasteiger partial charge on any atom is 0.326 e. The van der Waals surface area contributed by atoms with Gasteiger partial charge in [-0.3, -0.25) is 4.79 Å². The number of carbonyl (C=O) groups is 2. The zero-order valence-electron chi connectivity index (χ0n) is 22.0. The minimum absolute atomic E-state index is 0.109. The first kappa shape index (κ1) is 28.4. The van der Waals surface area contributed by atoms with Gasteiger partial charge in [-0.05, 0) is 75.5 Å². The SMILES string of the molecule is CC(C)(F)CN1CCC(COc2ccc(-c3cccc(F)c3C(=O)N3CC(F)CC3C(=O)O)c(C#N)c2)CC1. The Morgan fingerprint density at radius 3 is 2.54 bits per heavy atom. The molecule has 0 aliphatic carbocycles.